The van der Waals surface area contributed by atoms with Crippen LogP contribution in [0.25, 0.3) is 33.2 Å². The molecule has 3 unspecified atom stereocenters. The summed E-state index contributed by atoms with van der Waals surface area (Å²) in [6.45, 7) is -0.612. The molecule has 2 aliphatic heterocycles. The minimum absolute atomic E-state index is 0. The molecule has 1 radical (unpaired) electrons. The van der Waals surface area contributed by atoms with E-state index in [1.54, 1.807) is 53.1 Å². The van der Waals surface area contributed by atoms with Crippen molar-refractivity contribution >= 4 is 83.9 Å². The standard InChI is InChI=1S/C28H31ClN7O8P.C18H21ClN5O9P.CH4.2CH3.Y/c29-17-5-7-18(8-6-17)42-12-11-35-15-36(25-22(35)26(39)34-28(30)33-25)27-24(38)23(37)21(44-27)14-43-45(40,41)32-10-9-16-13-31-20-4-2-1-3-19(16)20;19-9-1-3-10(4-2-9)31-6-5-23-8-24(15-12(23)16(27)22-18(20)21-15)17-14(26)13(25)11(33-17)7-32-34(28,29)30;;;;/h1-8,13,15,21,23-24,27,31,37-38H,9-12,14H2,(H4-,30,32,33,34,39,40,41);1-4,8,11,13-14,17,25-26H,5-7H2,(H4-,20,21,22,27,28,29,30);1H4;2*1H3;/q;;;2*-1;/p-1/t21-,23?,24+,27-;11-,13?,14+,17-;;;;/m11..../s1. The fraction of sp³-hybridized carbons (Fsp3) is 0.347. The molecule has 5 aromatic heterocycles. The molecule has 34 heteroatoms. The quantitative estimate of drug-likeness (QED) is 0.0274. The molecule has 2 fully saturated rings. The number of aromatic amines is 3. The first-order chi connectivity index (χ1) is 37.6. The maximum atomic E-state index is 12.9. The van der Waals surface area contributed by atoms with Crippen LogP contribution in [0.15, 0.2) is 101 Å². The van der Waals surface area contributed by atoms with Crippen LogP contribution >= 0.6 is 38.8 Å². The largest absolute Gasteiger partial charge is 0.790 e. The number of para-hydroxylation sites is 1. The molecule has 12 N–H and O–H groups in total. The van der Waals surface area contributed by atoms with Gasteiger partial charge in [-0.25, -0.2) is 9.13 Å². The van der Waals surface area contributed by atoms with Crippen LogP contribution < -0.4 is 61.0 Å². The molecule has 9 atom stereocenters. The van der Waals surface area contributed by atoms with Gasteiger partial charge in [-0.3, -0.25) is 38.3 Å². The molecular weight excluding hydrogens is 1250 g/mol. The van der Waals surface area contributed by atoms with Crippen molar-refractivity contribution in [2.75, 3.05) is 44.4 Å². The maximum absolute atomic E-state index is 12.9. The number of phosphoric ester groups is 1. The van der Waals surface area contributed by atoms with Crippen molar-refractivity contribution in [2.24, 2.45) is 0 Å². The number of nitrogens with two attached hydrogens (primary N) is 2. The topological polar surface area (TPSA) is 429 Å². The van der Waals surface area contributed by atoms with Crippen LogP contribution in [0, 0.1) is 14.9 Å². The normalized spacial score (nSPS) is 21.0. The van der Waals surface area contributed by atoms with E-state index in [0.29, 0.717) is 28.0 Å². The van der Waals surface area contributed by atoms with Gasteiger partial charge in [-0.15, -0.1) is 0 Å². The summed E-state index contributed by atoms with van der Waals surface area (Å²) in [7, 11) is -9.86. The summed E-state index contributed by atoms with van der Waals surface area (Å²) in [5.41, 5.74) is 12.6. The van der Waals surface area contributed by atoms with Crippen LogP contribution in [-0.2, 0) is 79.9 Å². The number of nitrogens with one attached hydrogen (secondary N) is 4. The molecule has 10 rings (SSSR count). The van der Waals surface area contributed by atoms with E-state index in [9.17, 15) is 53.8 Å². The number of imidazole rings is 2. The number of phosphoric acid groups is 1. The molecule has 2 aliphatic rings. The van der Waals surface area contributed by atoms with Crippen molar-refractivity contribution in [1.29, 1.82) is 0 Å². The molecule has 0 aliphatic carbocycles. The van der Waals surface area contributed by atoms with Crippen LogP contribution in [0.3, 0.4) is 0 Å². The van der Waals surface area contributed by atoms with Crippen molar-refractivity contribution in [1.82, 2.24) is 39.1 Å². The van der Waals surface area contributed by atoms with Gasteiger partial charge in [0, 0.05) is 66.4 Å². The summed E-state index contributed by atoms with van der Waals surface area (Å²) in [4.78, 5) is 75.9. The van der Waals surface area contributed by atoms with E-state index in [-0.39, 0.29) is 122 Å². The molecule has 0 amide bonds. The summed E-state index contributed by atoms with van der Waals surface area (Å²) >= 11 is 11.8. The molecule has 0 bridgehead atoms. The van der Waals surface area contributed by atoms with Crippen LogP contribution in [0.5, 0.6) is 11.5 Å². The molecule has 8 aromatic rings. The maximum Gasteiger partial charge on any atom is 0.313 e. The average Bonchev–Trinajstić information content (AvgIpc) is 4.30. The molecule has 0 saturated carbocycles. The number of halogens is 2. The number of nitrogen functional groups attached to an aromatic ring is 2. The Morgan fingerprint density at radius 3 is 1.60 bits per heavy atom. The summed E-state index contributed by atoms with van der Waals surface area (Å²) in [5.74, 6) is 0.756. The van der Waals surface area contributed by atoms with Crippen LogP contribution in [0.2, 0.25) is 10.0 Å². The van der Waals surface area contributed by atoms with Gasteiger partial charge in [-0.05, 0) is 66.6 Å². The average molecular weight is 1310 g/mol. The minimum atomic E-state index is -5.32. The van der Waals surface area contributed by atoms with E-state index in [2.05, 4.69) is 34.5 Å². The Labute approximate surface area is 508 Å². The van der Waals surface area contributed by atoms with E-state index in [1.807, 2.05) is 30.5 Å². The number of benzene rings is 3. The second-order valence-corrected chi connectivity index (χ2v) is 21.5. The number of anilines is 2. The van der Waals surface area contributed by atoms with Gasteiger partial charge < -0.3 is 99.0 Å². The number of nitrogens with zero attached hydrogens (tertiary/aromatic N) is 6. The molecule has 449 valence electrons. The number of aliphatic hydroxyl groups excluding tert-OH is 4. The van der Waals surface area contributed by atoms with Gasteiger partial charge >= 0.3 is 11.3 Å². The monoisotopic (exact) mass is 1310 g/mol. The predicted molar refractivity (Wildman–Crippen MR) is 292 cm³/mol. The summed E-state index contributed by atoms with van der Waals surface area (Å²) in [6.07, 6.45) is -6.15. The predicted octanol–water partition coefficient (Wildman–Crippen LogP) is 0.0699. The van der Waals surface area contributed by atoms with E-state index in [0.717, 1.165) is 16.5 Å². The Bertz CT molecular complexity index is 3660. The first kappa shape index (κ1) is 68.5. The second kappa shape index (κ2) is 29.2. The molecule has 3 aromatic carbocycles. The molecule has 7 heterocycles. The van der Waals surface area contributed by atoms with E-state index in [4.69, 9.17) is 58.1 Å². The third kappa shape index (κ3) is 16.4. The molecule has 0 spiro atoms. The van der Waals surface area contributed by atoms with Crippen molar-refractivity contribution in [2.45, 2.75) is 76.0 Å². The molecular formula is C49H61Cl2N12O17P2Y-3. The zero-order valence-corrected chi connectivity index (χ0v) is 49.7. The number of aliphatic hydroxyl groups is 4. The van der Waals surface area contributed by atoms with Gasteiger partial charge in [0.2, 0.25) is 31.2 Å². The zero-order valence-electron chi connectivity index (χ0n) is 43.6. The van der Waals surface area contributed by atoms with Crippen LogP contribution in [-0.4, -0.2) is 124 Å². The fourth-order valence-corrected chi connectivity index (χ4v) is 10.3. The van der Waals surface area contributed by atoms with Gasteiger partial charge in [0.15, 0.2) is 12.7 Å². The van der Waals surface area contributed by atoms with Crippen LogP contribution in [0.4, 0.5) is 11.9 Å². The smallest absolute Gasteiger partial charge is 0.313 e. The number of hydrogen-bond donors (Lipinski definition) is 10. The number of rotatable bonds is 20. The Kier molecular flexibility index (Phi) is 24.1. The second-order valence-electron chi connectivity index (χ2n) is 17.9. The zero-order chi connectivity index (χ0) is 56.3. The van der Waals surface area contributed by atoms with Gasteiger partial charge in [-0.1, -0.05) is 58.8 Å². The third-order valence-corrected chi connectivity index (χ3v) is 14.7. The van der Waals surface area contributed by atoms with E-state index in [1.165, 1.54) is 26.4 Å². The van der Waals surface area contributed by atoms with Crippen LogP contribution in [0.1, 0.15) is 25.4 Å². The SMILES string of the molecule is C.Nc1nc2c(c(=O)[nH]1)n(CCOc1ccc(Cl)cc1)c[n+]2[C@@H]1O[C@H](COP(=O)([O-])NCCc2c[nH]c3ccccc23)C(O)[C@@H]1O.Nc1nc2c(c(=O)[nH]1)n(CCOc1ccc(Cl)cc1)c[n+]2[C@@H]1O[C@H](COP(=O)([O-])[O-])C(O)[C@@H]1O.[CH3-].[CH3-].[Y]. The van der Waals surface area contributed by atoms with Crippen molar-refractivity contribution in [3.8, 4) is 11.5 Å². The Balaban J connectivity index is 0.000000300. The van der Waals surface area contributed by atoms with Gasteiger partial charge in [0.1, 0.15) is 74.4 Å². The number of H-pyrrole nitrogens is 3. The van der Waals surface area contributed by atoms with Crippen molar-refractivity contribution < 1.29 is 114 Å². The van der Waals surface area contributed by atoms with Gasteiger partial charge in [0.05, 0.1) is 21.0 Å². The minimum Gasteiger partial charge on any atom is -0.790 e. The number of aromatic nitrogens is 9. The Hall–Kier alpha value is -5.24. The summed E-state index contributed by atoms with van der Waals surface area (Å²) < 4.78 is 61.1. The summed E-state index contributed by atoms with van der Waals surface area (Å²) in [6, 6.07) is 21.2. The molecule has 2 saturated heterocycles. The first-order valence-corrected chi connectivity index (χ1v) is 27.7. The Morgan fingerprint density at radius 1 is 0.699 bits per heavy atom. The van der Waals surface area contributed by atoms with E-state index < -0.39 is 89.0 Å². The fourth-order valence-electron chi connectivity index (χ4n) is 8.89. The van der Waals surface area contributed by atoms with Gasteiger partial charge in [0.25, 0.3) is 23.0 Å². The molecule has 29 nitrogen and oxygen atoms in total. The summed E-state index contributed by atoms with van der Waals surface area (Å²) in [5, 5.41) is 46.9. The number of ether oxygens (including phenoxy) is 4. The van der Waals surface area contributed by atoms with Crippen molar-refractivity contribution in [3.63, 3.8) is 0 Å². The Morgan fingerprint density at radius 2 is 1.14 bits per heavy atom. The third-order valence-electron chi connectivity index (χ3n) is 12.6. The number of fused-ring (bicyclic) bond motifs is 3. The first-order valence-electron chi connectivity index (χ1n) is 23.9. The van der Waals surface area contributed by atoms with Gasteiger partial charge in [-0.2, -0.15) is 0 Å². The molecule has 83 heavy (non-hydrogen) atoms. The van der Waals surface area contributed by atoms with Crippen molar-refractivity contribution in [3.05, 3.63) is 143 Å². The van der Waals surface area contributed by atoms with E-state index >= 15 is 0 Å². The number of hydrogen-bond acceptors (Lipinski definition) is 21.